The van der Waals surface area contributed by atoms with Crippen molar-refractivity contribution in [2.75, 3.05) is 6.54 Å². The van der Waals surface area contributed by atoms with E-state index < -0.39 is 11.9 Å². The molecule has 0 bridgehead atoms. The fraction of sp³-hybridized carbons (Fsp3) is 0.147. The van der Waals surface area contributed by atoms with Crippen LogP contribution in [0, 0.1) is 20.8 Å². The van der Waals surface area contributed by atoms with E-state index in [4.69, 9.17) is 9.73 Å². The molecule has 1 aliphatic heterocycles. The number of amides is 1. The van der Waals surface area contributed by atoms with Gasteiger partial charge in [-0.3, -0.25) is 14.5 Å². The van der Waals surface area contributed by atoms with Gasteiger partial charge in [-0.15, -0.1) is 0 Å². The topological polar surface area (TPSA) is 84.1 Å². The fourth-order valence-corrected chi connectivity index (χ4v) is 5.53. The van der Waals surface area contributed by atoms with Gasteiger partial charge in [0, 0.05) is 23.0 Å². The van der Waals surface area contributed by atoms with Crippen molar-refractivity contribution in [1.29, 1.82) is 0 Å². The number of fused-ring (bicyclic) bond motifs is 3. The Morgan fingerprint density at radius 1 is 0.878 bits per heavy atom. The van der Waals surface area contributed by atoms with Crippen LogP contribution in [0.25, 0.3) is 33.6 Å². The number of rotatable bonds is 6. The number of aliphatic carboxylic acids is 1. The summed E-state index contributed by atoms with van der Waals surface area (Å²) in [6, 6.07) is 28.6. The van der Waals surface area contributed by atoms with E-state index in [-0.39, 0.29) is 24.7 Å². The number of hydrogen-bond acceptors (Lipinski definition) is 4. The Bertz CT molecular complexity index is 1880. The van der Waals surface area contributed by atoms with Gasteiger partial charge < -0.3 is 14.4 Å². The summed E-state index contributed by atoms with van der Waals surface area (Å²) in [5.41, 5.74) is 7.70. The third-order valence-corrected chi connectivity index (χ3v) is 7.29. The van der Waals surface area contributed by atoms with Crippen LogP contribution in [0.15, 0.2) is 95.7 Å². The highest BCUT2D eigenvalue weighted by molar-refractivity contribution is 6.13. The Labute approximate surface area is 237 Å². The number of amidine groups is 1. The Morgan fingerprint density at radius 2 is 1.56 bits per heavy atom. The number of carbonyl (C=O) groups is 2. The van der Waals surface area contributed by atoms with E-state index in [1.165, 1.54) is 4.90 Å². The van der Waals surface area contributed by atoms with E-state index >= 15 is 0 Å². The minimum Gasteiger partial charge on any atom is -0.481 e. The lowest BCUT2D eigenvalue weighted by Crippen LogP contribution is -2.32. The minimum atomic E-state index is -1.00. The zero-order chi connectivity index (χ0) is 28.7. The SMILES string of the molecule is Cc1cc(C)c(N=C2O/C(=C/c3ccc4c(c3)c3ccccc3n4-c3ccccc3)C(=O)N2CCC(=O)O)c(C)c1. The van der Waals surface area contributed by atoms with Gasteiger partial charge in [0.05, 0.1) is 23.1 Å². The van der Waals surface area contributed by atoms with Gasteiger partial charge in [0.1, 0.15) is 0 Å². The van der Waals surface area contributed by atoms with Gasteiger partial charge in [-0.25, -0.2) is 0 Å². The summed E-state index contributed by atoms with van der Waals surface area (Å²) >= 11 is 0. The molecule has 0 saturated carbocycles. The predicted molar refractivity (Wildman–Crippen MR) is 162 cm³/mol. The van der Waals surface area contributed by atoms with Crippen molar-refractivity contribution in [3.8, 4) is 5.69 Å². The van der Waals surface area contributed by atoms with Gasteiger partial charge in [-0.2, -0.15) is 4.99 Å². The van der Waals surface area contributed by atoms with Crippen LogP contribution in [-0.4, -0.2) is 39.0 Å². The molecule has 1 aromatic heterocycles. The van der Waals surface area contributed by atoms with E-state index in [0.29, 0.717) is 5.69 Å². The smallest absolute Gasteiger partial charge is 0.305 e. The van der Waals surface area contributed by atoms with Gasteiger partial charge in [0.25, 0.3) is 5.91 Å². The van der Waals surface area contributed by atoms with E-state index in [9.17, 15) is 14.7 Å². The second-order valence-corrected chi connectivity index (χ2v) is 10.3. The largest absolute Gasteiger partial charge is 0.481 e. The number of aryl methyl sites for hydroxylation is 3. The summed E-state index contributed by atoms with van der Waals surface area (Å²) in [7, 11) is 0. The molecule has 0 spiro atoms. The summed E-state index contributed by atoms with van der Waals surface area (Å²) in [6.45, 7) is 5.88. The first-order valence-corrected chi connectivity index (χ1v) is 13.5. The molecule has 1 fully saturated rings. The number of carboxylic acid groups (broad SMARTS) is 1. The van der Waals surface area contributed by atoms with Crippen LogP contribution in [0.3, 0.4) is 0 Å². The van der Waals surface area contributed by atoms with Crippen LogP contribution in [0.2, 0.25) is 0 Å². The normalized spacial score (nSPS) is 15.4. The third-order valence-electron chi connectivity index (χ3n) is 7.29. The molecule has 1 aliphatic rings. The summed E-state index contributed by atoms with van der Waals surface area (Å²) < 4.78 is 8.26. The fourth-order valence-electron chi connectivity index (χ4n) is 5.53. The average Bonchev–Trinajstić information content (AvgIpc) is 3.43. The maximum Gasteiger partial charge on any atom is 0.305 e. The van der Waals surface area contributed by atoms with Gasteiger partial charge in [0.15, 0.2) is 5.76 Å². The zero-order valence-electron chi connectivity index (χ0n) is 23.1. The monoisotopic (exact) mass is 543 g/mol. The molecule has 204 valence electrons. The molecule has 0 radical (unpaired) electrons. The van der Waals surface area contributed by atoms with E-state index in [1.54, 1.807) is 6.08 Å². The van der Waals surface area contributed by atoms with Crippen molar-refractivity contribution in [2.45, 2.75) is 27.2 Å². The van der Waals surface area contributed by atoms with E-state index in [0.717, 1.165) is 49.7 Å². The first kappa shape index (κ1) is 26.1. The molecule has 0 atom stereocenters. The van der Waals surface area contributed by atoms with Crippen molar-refractivity contribution in [2.24, 2.45) is 4.99 Å². The molecule has 6 rings (SSSR count). The number of carbonyl (C=O) groups excluding carboxylic acids is 1. The van der Waals surface area contributed by atoms with Crippen LogP contribution < -0.4 is 0 Å². The molecule has 0 aliphatic carbocycles. The second-order valence-electron chi connectivity index (χ2n) is 10.3. The number of nitrogens with zero attached hydrogens (tertiary/aromatic N) is 3. The molecule has 0 unspecified atom stereocenters. The molecule has 7 heteroatoms. The van der Waals surface area contributed by atoms with Crippen molar-refractivity contribution in [1.82, 2.24) is 9.47 Å². The zero-order valence-corrected chi connectivity index (χ0v) is 23.1. The second kappa shape index (κ2) is 10.4. The van der Waals surface area contributed by atoms with Gasteiger partial charge in [0.2, 0.25) is 0 Å². The lowest BCUT2D eigenvalue weighted by atomic mass is 10.1. The number of ether oxygens (including phenoxy) is 1. The molecule has 7 nitrogen and oxygen atoms in total. The summed E-state index contributed by atoms with van der Waals surface area (Å²) in [5, 5.41) is 11.4. The van der Waals surface area contributed by atoms with Crippen molar-refractivity contribution >= 4 is 51.5 Å². The molecule has 1 amide bonds. The molecule has 41 heavy (non-hydrogen) atoms. The first-order valence-electron chi connectivity index (χ1n) is 13.5. The molecular weight excluding hydrogens is 514 g/mol. The molecule has 5 aromatic rings. The Balaban J connectivity index is 1.43. The average molecular weight is 544 g/mol. The van der Waals surface area contributed by atoms with Gasteiger partial charge in [-0.1, -0.05) is 60.2 Å². The number of para-hydroxylation sites is 2. The molecular formula is C34H29N3O4. The maximum absolute atomic E-state index is 13.5. The van der Waals surface area contributed by atoms with Crippen LogP contribution >= 0.6 is 0 Å². The van der Waals surface area contributed by atoms with Crippen molar-refractivity contribution in [3.05, 3.63) is 113 Å². The third kappa shape index (κ3) is 4.87. The van der Waals surface area contributed by atoms with Crippen molar-refractivity contribution in [3.63, 3.8) is 0 Å². The van der Waals surface area contributed by atoms with Gasteiger partial charge in [-0.05, 0) is 73.9 Å². The van der Waals surface area contributed by atoms with Crippen molar-refractivity contribution < 1.29 is 19.4 Å². The number of carboxylic acids is 1. The molecule has 1 N–H and O–H groups in total. The van der Waals surface area contributed by atoms with Crippen LogP contribution in [0.5, 0.6) is 0 Å². The number of hydrogen-bond donors (Lipinski definition) is 1. The Hall–Kier alpha value is -5.17. The number of aromatic nitrogens is 1. The lowest BCUT2D eigenvalue weighted by Gasteiger charge is -2.13. The summed E-state index contributed by atoms with van der Waals surface area (Å²) in [6.07, 6.45) is 1.47. The summed E-state index contributed by atoms with van der Waals surface area (Å²) in [5.74, 6) is -1.32. The minimum absolute atomic E-state index is 0.0438. The molecule has 2 heterocycles. The molecule has 4 aromatic carbocycles. The number of benzene rings is 4. The highest BCUT2D eigenvalue weighted by Gasteiger charge is 2.35. The first-order chi connectivity index (χ1) is 19.8. The van der Waals surface area contributed by atoms with E-state index in [2.05, 4.69) is 28.8 Å². The Morgan fingerprint density at radius 3 is 2.29 bits per heavy atom. The molecule has 1 saturated heterocycles. The Kier molecular flexibility index (Phi) is 6.63. The highest BCUT2D eigenvalue weighted by Crippen LogP contribution is 2.34. The van der Waals surface area contributed by atoms with Crippen LogP contribution in [0.4, 0.5) is 5.69 Å². The maximum atomic E-state index is 13.5. The predicted octanol–water partition coefficient (Wildman–Crippen LogP) is 7.07. The quantitative estimate of drug-likeness (QED) is 0.232. The summed E-state index contributed by atoms with van der Waals surface area (Å²) in [4.78, 5) is 30.8. The standard InChI is InChI=1S/C34H29N3O4/c1-21-17-22(2)32(23(3)18-21)35-34-36(16-15-31(38)39)33(40)30(41-34)20-24-13-14-29-27(19-24)26-11-7-8-12-28(26)37(29)25-9-5-4-6-10-25/h4-14,17-20H,15-16H2,1-3H3,(H,38,39)/b30-20+,35-34?. The highest BCUT2D eigenvalue weighted by atomic mass is 16.5. The van der Waals surface area contributed by atoms with Gasteiger partial charge >= 0.3 is 12.0 Å². The van der Waals surface area contributed by atoms with Crippen LogP contribution in [0.1, 0.15) is 28.7 Å². The van der Waals surface area contributed by atoms with Crippen LogP contribution in [-0.2, 0) is 14.3 Å². The van der Waals surface area contributed by atoms with E-state index in [1.807, 2.05) is 81.4 Å². The number of aliphatic imine (C=N–C) groups is 1. The lowest BCUT2D eigenvalue weighted by molar-refractivity contribution is -0.137.